The van der Waals surface area contributed by atoms with Crippen LogP contribution in [0.5, 0.6) is 0 Å². The first-order valence-electron chi connectivity index (χ1n) is 5.69. The lowest BCUT2D eigenvalue weighted by Gasteiger charge is -2.09. The molecule has 0 saturated carbocycles. The fourth-order valence-corrected chi connectivity index (χ4v) is 2.28. The van der Waals surface area contributed by atoms with Crippen LogP contribution in [-0.4, -0.2) is 19.7 Å². The zero-order chi connectivity index (χ0) is 13.3. The van der Waals surface area contributed by atoms with Gasteiger partial charge >= 0.3 is 0 Å². The minimum absolute atomic E-state index is 0.502. The molecular weight excluding hydrogens is 363 g/mol. The molecule has 0 amide bonds. The summed E-state index contributed by atoms with van der Waals surface area (Å²) in [7, 11) is 1.87. The fraction of sp³-hybridized carbons (Fsp3) is 0.417. The van der Waals surface area contributed by atoms with E-state index in [-0.39, 0.29) is 0 Å². The summed E-state index contributed by atoms with van der Waals surface area (Å²) in [6.45, 7) is 4.32. The summed E-state index contributed by atoms with van der Waals surface area (Å²) in [6.07, 6.45) is 2.76. The van der Waals surface area contributed by atoms with Gasteiger partial charge in [-0.15, -0.1) is 0 Å². The molecular formula is C12H14ClIN4. The molecule has 2 heterocycles. The van der Waals surface area contributed by atoms with Gasteiger partial charge in [-0.3, -0.25) is 4.68 Å². The van der Waals surface area contributed by atoms with Gasteiger partial charge in [0.05, 0.1) is 9.26 Å². The van der Waals surface area contributed by atoms with E-state index in [4.69, 9.17) is 11.6 Å². The van der Waals surface area contributed by atoms with Crippen molar-refractivity contribution in [3.63, 3.8) is 0 Å². The third kappa shape index (κ3) is 3.00. The van der Waals surface area contributed by atoms with E-state index in [9.17, 15) is 0 Å². The first-order chi connectivity index (χ1) is 8.47. The maximum Gasteiger partial charge on any atom is 0.181 e. The number of rotatable bonds is 3. The van der Waals surface area contributed by atoms with E-state index in [0.717, 1.165) is 21.4 Å². The van der Waals surface area contributed by atoms with Gasteiger partial charge in [-0.25, -0.2) is 9.97 Å². The first-order valence-corrected chi connectivity index (χ1v) is 7.15. The highest BCUT2D eigenvalue weighted by atomic mass is 127. The molecule has 0 bridgehead atoms. The Morgan fingerprint density at radius 1 is 1.39 bits per heavy atom. The van der Waals surface area contributed by atoms with Crippen LogP contribution in [0, 0.1) is 9.49 Å². The van der Waals surface area contributed by atoms with E-state index in [1.807, 2.05) is 19.3 Å². The summed E-state index contributed by atoms with van der Waals surface area (Å²) >= 11 is 8.36. The fourth-order valence-electron chi connectivity index (χ4n) is 1.63. The van der Waals surface area contributed by atoms with Gasteiger partial charge in [-0.1, -0.05) is 25.4 Å². The van der Waals surface area contributed by atoms with Crippen molar-refractivity contribution in [2.24, 2.45) is 13.0 Å². The topological polar surface area (TPSA) is 43.6 Å². The molecule has 0 radical (unpaired) electrons. The predicted octanol–water partition coefficient (Wildman–Crippen LogP) is 3.33. The van der Waals surface area contributed by atoms with Crippen LogP contribution in [0.4, 0.5) is 0 Å². The Labute approximate surface area is 125 Å². The quantitative estimate of drug-likeness (QED) is 0.609. The van der Waals surface area contributed by atoms with Gasteiger partial charge in [0.1, 0.15) is 10.8 Å². The van der Waals surface area contributed by atoms with Gasteiger partial charge < -0.3 is 0 Å². The third-order valence-electron chi connectivity index (χ3n) is 2.42. The summed E-state index contributed by atoms with van der Waals surface area (Å²) in [4.78, 5) is 8.87. The molecule has 0 saturated heterocycles. The van der Waals surface area contributed by atoms with Crippen molar-refractivity contribution in [2.45, 2.75) is 20.3 Å². The molecule has 0 aliphatic carbocycles. The van der Waals surface area contributed by atoms with Crippen molar-refractivity contribution in [2.75, 3.05) is 0 Å². The Bertz CT molecular complexity index is 565. The van der Waals surface area contributed by atoms with Crippen LogP contribution in [0.2, 0.25) is 5.15 Å². The standard InChI is InChI=1S/C12H14ClIN4/c1-7(2)6-9-10(14)11(13)16-12(15-9)8-4-5-18(3)17-8/h4-5,7H,6H2,1-3H3. The van der Waals surface area contributed by atoms with Crippen molar-refractivity contribution in [3.8, 4) is 11.5 Å². The van der Waals surface area contributed by atoms with Crippen molar-refractivity contribution in [1.82, 2.24) is 19.7 Å². The molecule has 96 valence electrons. The SMILES string of the molecule is CC(C)Cc1nc(-c2ccn(C)n2)nc(Cl)c1I. The van der Waals surface area contributed by atoms with Crippen molar-refractivity contribution < 1.29 is 0 Å². The molecule has 4 nitrogen and oxygen atoms in total. The van der Waals surface area contributed by atoms with Gasteiger partial charge in [0.25, 0.3) is 0 Å². The van der Waals surface area contributed by atoms with E-state index in [0.29, 0.717) is 16.9 Å². The average Bonchev–Trinajstić information content (AvgIpc) is 2.70. The van der Waals surface area contributed by atoms with Crippen molar-refractivity contribution in [1.29, 1.82) is 0 Å². The molecule has 2 rings (SSSR count). The molecule has 6 heteroatoms. The smallest absolute Gasteiger partial charge is 0.181 e. The molecule has 2 aromatic rings. The number of hydrogen-bond acceptors (Lipinski definition) is 3. The summed E-state index contributed by atoms with van der Waals surface area (Å²) in [6, 6.07) is 1.89. The van der Waals surface area contributed by atoms with Gasteiger partial charge in [-0.05, 0) is 41.0 Å². The molecule has 0 spiro atoms. The summed E-state index contributed by atoms with van der Waals surface area (Å²) in [5.74, 6) is 1.12. The van der Waals surface area contributed by atoms with Crippen LogP contribution < -0.4 is 0 Å². The van der Waals surface area contributed by atoms with Gasteiger partial charge in [0.15, 0.2) is 5.82 Å². The zero-order valence-electron chi connectivity index (χ0n) is 10.5. The Balaban J connectivity index is 2.46. The van der Waals surface area contributed by atoms with Crippen molar-refractivity contribution in [3.05, 3.63) is 26.7 Å². The normalized spacial score (nSPS) is 11.2. The number of aromatic nitrogens is 4. The van der Waals surface area contributed by atoms with E-state index >= 15 is 0 Å². The Kier molecular flexibility index (Phi) is 4.21. The molecule has 0 atom stereocenters. The maximum absolute atomic E-state index is 6.17. The zero-order valence-corrected chi connectivity index (χ0v) is 13.4. The number of halogens is 2. The minimum Gasteiger partial charge on any atom is -0.275 e. The first kappa shape index (κ1) is 13.7. The Hall–Kier alpha value is -0.690. The monoisotopic (exact) mass is 376 g/mol. The summed E-state index contributed by atoms with van der Waals surface area (Å²) in [5.41, 5.74) is 1.74. The molecule has 0 unspecified atom stereocenters. The third-order valence-corrected chi connectivity index (χ3v) is 4.15. The lowest BCUT2D eigenvalue weighted by atomic mass is 10.1. The Morgan fingerprint density at radius 2 is 2.11 bits per heavy atom. The number of aryl methyl sites for hydroxylation is 1. The second-order valence-corrected chi connectivity index (χ2v) is 6.01. The predicted molar refractivity (Wildman–Crippen MR) is 80.5 cm³/mol. The Morgan fingerprint density at radius 3 is 2.67 bits per heavy atom. The van der Waals surface area contributed by atoms with Gasteiger partial charge in [0.2, 0.25) is 0 Å². The van der Waals surface area contributed by atoms with Crippen LogP contribution >= 0.6 is 34.2 Å². The summed E-state index contributed by atoms with van der Waals surface area (Å²) in [5, 5.41) is 4.80. The van der Waals surface area contributed by atoms with E-state index < -0.39 is 0 Å². The van der Waals surface area contributed by atoms with Crippen LogP contribution in [-0.2, 0) is 13.5 Å². The largest absolute Gasteiger partial charge is 0.275 e. The minimum atomic E-state index is 0.502. The van der Waals surface area contributed by atoms with Crippen LogP contribution in [0.3, 0.4) is 0 Å². The highest BCUT2D eigenvalue weighted by molar-refractivity contribution is 14.1. The maximum atomic E-state index is 6.17. The van der Waals surface area contributed by atoms with E-state index in [1.54, 1.807) is 4.68 Å². The highest BCUT2D eigenvalue weighted by Gasteiger charge is 2.14. The molecule has 18 heavy (non-hydrogen) atoms. The van der Waals surface area contributed by atoms with Crippen molar-refractivity contribution >= 4 is 34.2 Å². The molecule has 0 aromatic carbocycles. The molecule has 0 aliphatic heterocycles. The summed E-state index contributed by atoms with van der Waals surface area (Å²) < 4.78 is 2.66. The lowest BCUT2D eigenvalue weighted by molar-refractivity contribution is 0.632. The lowest BCUT2D eigenvalue weighted by Crippen LogP contribution is -2.05. The molecule has 0 aliphatic rings. The van der Waals surface area contributed by atoms with Crippen LogP contribution in [0.25, 0.3) is 11.5 Å². The number of nitrogens with zero attached hydrogens (tertiary/aromatic N) is 4. The molecule has 0 fully saturated rings. The second kappa shape index (κ2) is 5.52. The average molecular weight is 377 g/mol. The second-order valence-electron chi connectivity index (χ2n) is 4.57. The van der Waals surface area contributed by atoms with E-state index in [2.05, 4.69) is 51.5 Å². The van der Waals surface area contributed by atoms with E-state index in [1.165, 1.54) is 0 Å². The molecule has 0 N–H and O–H groups in total. The number of hydrogen-bond donors (Lipinski definition) is 0. The van der Waals surface area contributed by atoms with Crippen LogP contribution in [0.1, 0.15) is 19.5 Å². The van der Waals surface area contributed by atoms with Gasteiger partial charge in [0, 0.05) is 13.2 Å². The van der Waals surface area contributed by atoms with Gasteiger partial charge in [-0.2, -0.15) is 5.10 Å². The highest BCUT2D eigenvalue weighted by Crippen LogP contribution is 2.24. The van der Waals surface area contributed by atoms with Crippen LogP contribution in [0.15, 0.2) is 12.3 Å². The molecule has 2 aromatic heterocycles.